The van der Waals surface area contributed by atoms with Gasteiger partial charge in [-0.05, 0) is 49.7 Å². The molecule has 0 aliphatic carbocycles. The van der Waals surface area contributed by atoms with Crippen LogP contribution in [0, 0.1) is 6.92 Å². The van der Waals surface area contributed by atoms with Gasteiger partial charge in [0.2, 0.25) is 15.9 Å². The van der Waals surface area contributed by atoms with Crippen molar-refractivity contribution in [3.8, 4) is 5.75 Å². The number of hydrogen-bond donors (Lipinski definition) is 1. The van der Waals surface area contributed by atoms with Crippen molar-refractivity contribution >= 4 is 33.4 Å². The number of carbonyl (C=O) groups is 1. The largest absolute Gasteiger partial charge is 0.497 e. The fourth-order valence-corrected chi connectivity index (χ4v) is 4.86. The van der Waals surface area contributed by atoms with Crippen molar-refractivity contribution in [3.05, 3.63) is 54.1 Å². The minimum atomic E-state index is -3.65. The SMILES string of the molecule is CCC(C(=O)NCCSc1ccc(C)cc1)N(c1ccc(OC)cc1)S(C)(=O)=O. The molecule has 0 heterocycles. The van der Waals surface area contributed by atoms with Crippen LogP contribution < -0.4 is 14.4 Å². The molecule has 0 saturated carbocycles. The van der Waals surface area contributed by atoms with Gasteiger partial charge < -0.3 is 10.1 Å². The summed E-state index contributed by atoms with van der Waals surface area (Å²) in [6.45, 7) is 4.29. The van der Waals surface area contributed by atoms with Crippen LogP contribution in [0.3, 0.4) is 0 Å². The van der Waals surface area contributed by atoms with Crippen molar-refractivity contribution in [1.29, 1.82) is 0 Å². The van der Waals surface area contributed by atoms with Crippen LogP contribution in [0.15, 0.2) is 53.4 Å². The van der Waals surface area contributed by atoms with E-state index in [1.807, 2.05) is 31.2 Å². The third kappa shape index (κ3) is 6.68. The summed E-state index contributed by atoms with van der Waals surface area (Å²) < 4.78 is 31.2. The Morgan fingerprint density at radius 3 is 2.28 bits per heavy atom. The number of ether oxygens (including phenoxy) is 1. The second-order valence-corrected chi connectivity index (χ2v) is 9.66. The van der Waals surface area contributed by atoms with E-state index in [0.717, 1.165) is 11.2 Å². The van der Waals surface area contributed by atoms with Gasteiger partial charge in [-0.3, -0.25) is 9.10 Å². The number of carbonyl (C=O) groups excluding carboxylic acids is 1. The van der Waals surface area contributed by atoms with Crippen molar-refractivity contribution in [2.75, 3.05) is 30.0 Å². The van der Waals surface area contributed by atoms with E-state index in [2.05, 4.69) is 5.32 Å². The Morgan fingerprint density at radius 1 is 1.14 bits per heavy atom. The maximum Gasteiger partial charge on any atom is 0.243 e. The fraction of sp³-hybridized carbons (Fsp3) is 0.381. The number of amides is 1. The molecule has 0 fully saturated rings. The molecule has 0 aliphatic heterocycles. The van der Waals surface area contributed by atoms with Crippen LogP contribution in [0.25, 0.3) is 0 Å². The zero-order valence-corrected chi connectivity index (χ0v) is 18.8. The zero-order chi connectivity index (χ0) is 21.4. The summed E-state index contributed by atoms with van der Waals surface area (Å²) in [6, 6.07) is 14.0. The molecule has 2 aromatic carbocycles. The van der Waals surface area contributed by atoms with Gasteiger partial charge in [-0.1, -0.05) is 24.6 Å². The highest BCUT2D eigenvalue weighted by atomic mass is 32.2. The molecule has 0 aromatic heterocycles. The van der Waals surface area contributed by atoms with Crippen LogP contribution in [0.1, 0.15) is 18.9 Å². The molecule has 0 bridgehead atoms. The number of nitrogens with one attached hydrogen (secondary N) is 1. The van der Waals surface area contributed by atoms with E-state index < -0.39 is 16.1 Å². The second-order valence-electron chi connectivity index (χ2n) is 6.63. The molecule has 0 spiro atoms. The standard InChI is InChI=1S/C21H28N2O4S2/c1-5-20(21(24)22-14-15-28-19-12-6-16(2)7-13-19)23(29(4,25)26)17-8-10-18(27-3)11-9-17/h6-13,20H,5,14-15H2,1-4H3,(H,22,24). The minimum absolute atomic E-state index is 0.307. The molecule has 1 atom stereocenters. The first-order valence-corrected chi connectivity index (χ1v) is 12.2. The molecule has 6 nitrogen and oxygen atoms in total. The molecule has 0 saturated heterocycles. The fourth-order valence-electron chi connectivity index (χ4n) is 2.88. The molecule has 1 N–H and O–H groups in total. The molecular formula is C21H28N2O4S2. The number of anilines is 1. The maximum absolute atomic E-state index is 12.8. The summed E-state index contributed by atoms with van der Waals surface area (Å²) in [6.07, 6.45) is 1.47. The minimum Gasteiger partial charge on any atom is -0.497 e. The summed E-state index contributed by atoms with van der Waals surface area (Å²) in [5, 5.41) is 2.87. The lowest BCUT2D eigenvalue weighted by atomic mass is 10.2. The Hall–Kier alpha value is -2.19. The van der Waals surface area contributed by atoms with Gasteiger partial charge in [0.1, 0.15) is 11.8 Å². The van der Waals surface area contributed by atoms with E-state index in [1.54, 1.807) is 50.1 Å². The Morgan fingerprint density at radius 2 is 1.76 bits per heavy atom. The van der Waals surface area contributed by atoms with Gasteiger partial charge in [-0.15, -0.1) is 11.8 Å². The molecule has 2 aromatic rings. The predicted molar refractivity (Wildman–Crippen MR) is 119 cm³/mol. The van der Waals surface area contributed by atoms with Crippen LogP contribution in [-0.4, -0.2) is 46.0 Å². The summed E-state index contributed by atoms with van der Waals surface area (Å²) in [4.78, 5) is 13.9. The van der Waals surface area contributed by atoms with Gasteiger partial charge in [0.25, 0.3) is 0 Å². The van der Waals surface area contributed by atoms with Gasteiger partial charge in [-0.2, -0.15) is 0 Å². The van der Waals surface area contributed by atoms with Gasteiger partial charge >= 0.3 is 0 Å². The molecule has 0 radical (unpaired) electrons. The summed E-state index contributed by atoms with van der Waals surface area (Å²) in [7, 11) is -2.10. The van der Waals surface area contributed by atoms with E-state index in [9.17, 15) is 13.2 Å². The molecule has 2 rings (SSSR count). The number of sulfonamides is 1. The monoisotopic (exact) mass is 436 g/mol. The normalized spacial score (nSPS) is 12.3. The molecule has 1 amide bonds. The van der Waals surface area contributed by atoms with Crippen molar-refractivity contribution in [3.63, 3.8) is 0 Å². The van der Waals surface area contributed by atoms with Gasteiger partial charge in [0.05, 0.1) is 19.1 Å². The summed E-state index contributed by atoms with van der Waals surface area (Å²) >= 11 is 1.64. The Balaban J connectivity index is 2.04. The smallest absolute Gasteiger partial charge is 0.243 e. The van der Waals surface area contributed by atoms with Crippen molar-refractivity contribution in [2.45, 2.75) is 31.2 Å². The van der Waals surface area contributed by atoms with Crippen LogP contribution in [0.2, 0.25) is 0 Å². The highest BCUT2D eigenvalue weighted by molar-refractivity contribution is 7.99. The second kappa shape index (κ2) is 10.5. The third-order valence-electron chi connectivity index (χ3n) is 4.35. The molecule has 8 heteroatoms. The van der Waals surface area contributed by atoms with Crippen molar-refractivity contribution in [2.24, 2.45) is 0 Å². The first-order chi connectivity index (χ1) is 13.8. The lowest BCUT2D eigenvalue weighted by Crippen LogP contribution is -2.49. The van der Waals surface area contributed by atoms with Crippen molar-refractivity contribution in [1.82, 2.24) is 5.32 Å². The number of nitrogens with zero attached hydrogens (tertiary/aromatic N) is 1. The molecule has 158 valence electrons. The molecular weight excluding hydrogens is 408 g/mol. The number of methoxy groups -OCH3 is 1. The summed E-state index contributed by atoms with van der Waals surface area (Å²) in [5.41, 5.74) is 1.64. The number of hydrogen-bond acceptors (Lipinski definition) is 5. The Bertz CT molecular complexity index is 897. The van der Waals surface area contributed by atoms with Crippen LogP contribution in [-0.2, 0) is 14.8 Å². The average molecular weight is 437 g/mol. The van der Waals surface area contributed by atoms with E-state index in [1.165, 1.54) is 9.87 Å². The van der Waals surface area contributed by atoms with Crippen LogP contribution in [0.5, 0.6) is 5.75 Å². The average Bonchev–Trinajstić information content (AvgIpc) is 2.69. The zero-order valence-electron chi connectivity index (χ0n) is 17.2. The van der Waals surface area contributed by atoms with Gasteiger partial charge in [0.15, 0.2) is 0 Å². The maximum atomic E-state index is 12.8. The quantitative estimate of drug-likeness (QED) is 0.456. The first kappa shape index (κ1) is 23.1. The van der Waals surface area contributed by atoms with E-state index >= 15 is 0 Å². The third-order valence-corrected chi connectivity index (χ3v) is 6.54. The van der Waals surface area contributed by atoms with E-state index in [4.69, 9.17) is 4.74 Å². The Labute approximate surface area is 177 Å². The van der Waals surface area contributed by atoms with Gasteiger partial charge in [0, 0.05) is 17.2 Å². The molecule has 29 heavy (non-hydrogen) atoms. The Kier molecular flexibility index (Phi) is 8.40. The lowest BCUT2D eigenvalue weighted by molar-refractivity contribution is -0.122. The highest BCUT2D eigenvalue weighted by Gasteiger charge is 2.31. The number of benzene rings is 2. The summed E-state index contributed by atoms with van der Waals surface area (Å²) in [5.74, 6) is 1.01. The highest BCUT2D eigenvalue weighted by Crippen LogP contribution is 2.25. The van der Waals surface area contributed by atoms with E-state index in [-0.39, 0.29) is 5.91 Å². The molecule has 0 aliphatic rings. The van der Waals surface area contributed by atoms with Crippen LogP contribution >= 0.6 is 11.8 Å². The molecule has 1 unspecified atom stereocenters. The van der Waals surface area contributed by atoms with Gasteiger partial charge in [-0.25, -0.2) is 8.42 Å². The van der Waals surface area contributed by atoms with E-state index in [0.29, 0.717) is 30.2 Å². The number of thioether (sulfide) groups is 1. The predicted octanol–water partition coefficient (Wildman–Crippen LogP) is 3.46. The first-order valence-electron chi connectivity index (χ1n) is 9.37. The van der Waals surface area contributed by atoms with Crippen molar-refractivity contribution < 1.29 is 17.9 Å². The number of aryl methyl sites for hydroxylation is 1. The lowest BCUT2D eigenvalue weighted by Gasteiger charge is -2.30. The number of rotatable bonds is 10. The van der Waals surface area contributed by atoms with Crippen LogP contribution in [0.4, 0.5) is 5.69 Å². The topological polar surface area (TPSA) is 75.7 Å².